The maximum absolute atomic E-state index is 14.2. The van der Waals surface area contributed by atoms with Crippen molar-refractivity contribution >= 4 is 36.2 Å². The molecule has 5 rings (SSSR count). The second-order valence-electron chi connectivity index (χ2n) is 20.6. The van der Waals surface area contributed by atoms with Gasteiger partial charge in [0.15, 0.2) is 24.3 Å². The number of ether oxygens (including phenoxy) is 9. The number of aldehydes is 1. The fourth-order valence-electron chi connectivity index (χ4n) is 10.4. The first-order valence-electron chi connectivity index (χ1n) is 26.3. The van der Waals surface area contributed by atoms with Gasteiger partial charge in [0.2, 0.25) is 0 Å². The SMILES string of the molecule is CCC(=O)O[C@@H]1CC(=O)O[C@@H](C/C=C/c2cncc(-c3cccnc3)c2)CCCN(C)C[C@H](O)[C@H](C)C[C@H](CC=O)[C@H](O[C@@H]2OC(C)[C@H](O[C@H]3CC(C)(OC(C)=O)[C@@H](OC(=O)CC)C(C)O3)C(N(C)C)C2O)[C@H]1OC. The van der Waals surface area contributed by atoms with Gasteiger partial charge in [-0.05, 0) is 97.3 Å². The first-order valence-corrected chi connectivity index (χ1v) is 26.3. The smallest absolute Gasteiger partial charge is 0.309 e. The fourth-order valence-corrected chi connectivity index (χ4v) is 10.4. The van der Waals surface area contributed by atoms with Crippen LogP contribution in [0.15, 0.2) is 49.1 Å². The Labute approximate surface area is 442 Å². The van der Waals surface area contributed by atoms with Gasteiger partial charge < -0.3 is 67.4 Å². The van der Waals surface area contributed by atoms with Crippen molar-refractivity contribution in [2.45, 2.75) is 192 Å². The summed E-state index contributed by atoms with van der Waals surface area (Å²) in [5.74, 6) is -3.50. The summed E-state index contributed by atoms with van der Waals surface area (Å²) >= 11 is 0. The van der Waals surface area contributed by atoms with Crippen LogP contribution < -0.4 is 0 Å². The van der Waals surface area contributed by atoms with E-state index < -0.39 is 127 Å². The lowest BCUT2D eigenvalue weighted by atomic mass is 9.82. The quantitative estimate of drug-likeness (QED) is 0.119. The van der Waals surface area contributed by atoms with Gasteiger partial charge in [-0.3, -0.25) is 29.1 Å². The average Bonchev–Trinajstić information content (AvgIpc) is 3.35. The number of esters is 4. The number of nitrogens with zero attached hydrogens (tertiary/aromatic N) is 4. The maximum atomic E-state index is 14.2. The van der Waals surface area contributed by atoms with E-state index >= 15 is 0 Å². The molecule has 0 bridgehead atoms. The molecular weight excluding hydrogens is 973 g/mol. The Hall–Kier alpha value is -4.77. The van der Waals surface area contributed by atoms with Crippen molar-refractivity contribution in [1.82, 2.24) is 19.8 Å². The van der Waals surface area contributed by atoms with Gasteiger partial charge in [-0.1, -0.05) is 39.0 Å². The van der Waals surface area contributed by atoms with Crippen LogP contribution in [0.4, 0.5) is 0 Å². The van der Waals surface area contributed by atoms with E-state index in [1.807, 2.05) is 49.2 Å². The zero-order valence-electron chi connectivity index (χ0n) is 45.6. The number of aliphatic hydroxyl groups excluding tert-OH is 2. The predicted molar refractivity (Wildman–Crippen MR) is 274 cm³/mol. The van der Waals surface area contributed by atoms with E-state index in [1.165, 1.54) is 14.0 Å². The molecule has 0 saturated carbocycles. The highest BCUT2D eigenvalue weighted by molar-refractivity contribution is 5.73. The Morgan fingerprint density at radius 2 is 1.67 bits per heavy atom. The van der Waals surface area contributed by atoms with E-state index in [0.717, 1.165) is 23.0 Å². The molecule has 0 aliphatic carbocycles. The molecule has 20 nitrogen and oxygen atoms in total. The number of methoxy groups -OCH3 is 1. The van der Waals surface area contributed by atoms with Crippen LogP contribution in [-0.2, 0) is 66.6 Å². The number of carbonyl (C=O) groups is 5. The number of pyridine rings is 2. The van der Waals surface area contributed by atoms with E-state index in [-0.39, 0.29) is 32.1 Å². The largest absolute Gasteiger partial charge is 0.462 e. The summed E-state index contributed by atoms with van der Waals surface area (Å²) in [5, 5.41) is 24.1. The van der Waals surface area contributed by atoms with Crippen LogP contribution in [0.25, 0.3) is 17.2 Å². The van der Waals surface area contributed by atoms with Gasteiger partial charge in [-0.2, -0.15) is 0 Å². The molecule has 16 atom stereocenters. The number of β-amino-alcohol motifs (C(OH)–C–C–N with tert-alkyl or cyclic N) is 1. The fraction of sp³-hybridized carbons (Fsp3) is 0.691. The molecule has 3 aliphatic rings. The molecular formula is C55H82N4O16. The van der Waals surface area contributed by atoms with E-state index in [4.69, 9.17) is 42.6 Å². The van der Waals surface area contributed by atoms with Crippen molar-refractivity contribution in [3.8, 4) is 11.1 Å². The molecule has 0 radical (unpaired) electrons. The predicted octanol–water partition coefficient (Wildman–Crippen LogP) is 5.09. The monoisotopic (exact) mass is 1050 g/mol. The van der Waals surface area contributed by atoms with Crippen LogP contribution in [0.1, 0.15) is 112 Å². The Balaban J connectivity index is 1.45. The van der Waals surface area contributed by atoms with Crippen LogP contribution in [0.3, 0.4) is 0 Å². The Kier molecular flexibility index (Phi) is 23.7. The zero-order valence-corrected chi connectivity index (χ0v) is 45.6. The number of carbonyl (C=O) groups excluding carboxylic acids is 5. The van der Waals surface area contributed by atoms with Crippen LogP contribution >= 0.6 is 0 Å². The molecule has 3 fully saturated rings. The summed E-state index contributed by atoms with van der Waals surface area (Å²) in [5.41, 5.74) is 1.32. The molecule has 0 amide bonds. The Bertz CT molecular complexity index is 2170. The van der Waals surface area contributed by atoms with E-state index in [9.17, 15) is 34.2 Å². The van der Waals surface area contributed by atoms with Crippen molar-refractivity contribution in [3.63, 3.8) is 0 Å². The highest BCUT2D eigenvalue weighted by Gasteiger charge is 2.54. The summed E-state index contributed by atoms with van der Waals surface area (Å²) in [6.07, 6.45) is 0.283. The molecule has 418 valence electrons. The first kappa shape index (κ1) is 61.1. The van der Waals surface area contributed by atoms with Gasteiger partial charge in [0, 0.05) is 88.6 Å². The minimum atomic E-state index is -1.45. The number of aliphatic hydroxyl groups is 2. The van der Waals surface area contributed by atoms with E-state index in [0.29, 0.717) is 32.4 Å². The lowest BCUT2D eigenvalue weighted by molar-refractivity contribution is -0.344. The van der Waals surface area contributed by atoms with Crippen LogP contribution in [0.2, 0.25) is 0 Å². The highest BCUT2D eigenvalue weighted by Crippen LogP contribution is 2.39. The van der Waals surface area contributed by atoms with Gasteiger partial charge in [0.05, 0.1) is 36.9 Å². The number of hydrogen-bond acceptors (Lipinski definition) is 20. The standard InChI is InChI=1S/C55H82N4O16/c1-12-44(63)71-43-27-46(65)70-41(19-14-17-37-26-40(31-57-29-37)39-18-15-22-56-30-39)20-16-23-59(10)32-42(62)33(3)25-38(21-24-60)51(52(43)67-11)74-54-49(66)48(58(8)9)50(34(4)69-54)73-47-28-55(7,75-36(6)61)53(35(5)68-47)72-45(64)13-2/h14-15,17-18,22,24,26,29-31,33-35,38,41-43,47-54,62,66H,12-13,16,19-21,23,25,27-28,32H2,1-11H3/b17-14+/t33-,34?,35?,38+,41+,42+,43-,47+,48?,49?,50+,51+,52+,53+,54+,55?/m1/s1. The minimum absolute atomic E-state index is 0.0277. The number of rotatable bonds is 17. The molecule has 75 heavy (non-hydrogen) atoms. The van der Waals surface area contributed by atoms with Gasteiger partial charge >= 0.3 is 23.9 Å². The second-order valence-corrected chi connectivity index (χ2v) is 20.6. The van der Waals surface area contributed by atoms with Crippen molar-refractivity contribution in [3.05, 3.63) is 54.6 Å². The summed E-state index contributed by atoms with van der Waals surface area (Å²) in [7, 11) is 6.79. The number of aromatic nitrogens is 2. The summed E-state index contributed by atoms with van der Waals surface area (Å²) in [6, 6.07) is 4.97. The molecule has 2 aromatic heterocycles. The third-order valence-corrected chi connectivity index (χ3v) is 14.3. The normalized spacial score (nSPS) is 33.8. The number of hydrogen-bond donors (Lipinski definition) is 2. The average molecular weight is 1060 g/mol. The summed E-state index contributed by atoms with van der Waals surface area (Å²) in [4.78, 5) is 77.4. The first-order chi connectivity index (χ1) is 35.7. The van der Waals surface area contributed by atoms with E-state index in [1.54, 1.807) is 78.4 Å². The topological polar surface area (TPSA) is 241 Å². The van der Waals surface area contributed by atoms with E-state index in [2.05, 4.69) is 9.97 Å². The van der Waals surface area contributed by atoms with Gasteiger partial charge in [0.1, 0.15) is 36.8 Å². The Morgan fingerprint density at radius 3 is 2.32 bits per heavy atom. The number of likely N-dealkylation sites (N-methyl/N-ethyl adjacent to an activating group) is 2. The Morgan fingerprint density at radius 1 is 0.947 bits per heavy atom. The lowest BCUT2D eigenvalue weighted by Crippen LogP contribution is -2.66. The van der Waals surface area contributed by atoms with Crippen LogP contribution in [-0.4, -0.2) is 187 Å². The van der Waals surface area contributed by atoms with Crippen molar-refractivity contribution in [2.24, 2.45) is 11.8 Å². The van der Waals surface area contributed by atoms with Crippen LogP contribution in [0.5, 0.6) is 0 Å². The van der Waals surface area contributed by atoms with Crippen molar-refractivity contribution in [2.75, 3.05) is 41.3 Å². The van der Waals surface area contributed by atoms with Gasteiger partial charge in [0.25, 0.3) is 0 Å². The van der Waals surface area contributed by atoms with Crippen molar-refractivity contribution < 1.29 is 76.8 Å². The molecule has 20 heteroatoms. The molecule has 5 unspecified atom stereocenters. The molecule has 3 aliphatic heterocycles. The molecule has 5 heterocycles. The third-order valence-electron chi connectivity index (χ3n) is 14.3. The molecule has 0 spiro atoms. The second kappa shape index (κ2) is 29.1. The maximum Gasteiger partial charge on any atom is 0.309 e. The molecule has 3 saturated heterocycles. The van der Waals surface area contributed by atoms with Gasteiger partial charge in [-0.25, -0.2) is 0 Å². The highest BCUT2D eigenvalue weighted by atomic mass is 16.7. The summed E-state index contributed by atoms with van der Waals surface area (Å²) in [6.45, 7) is 12.4. The number of cyclic esters (lactones) is 1. The van der Waals surface area contributed by atoms with Crippen molar-refractivity contribution in [1.29, 1.82) is 0 Å². The third kappa shape index (κ3) is 17.4. The van der Waals surface area contributed by atoms with Gasteiger partial charge in [-0.15, -0.1) is 0 Å². The van der Waals surface area contributed by atoms with Crippen LogP contribution in [0, 0.1) is 11.8 Å². The lowest BCUT2D eigenvalue weighted by Gasteiger charge is -2.50. The minimum Gasteiger partial charge on any atom is -0.462 e. The molecule has 2 N–H and O–H groups in total. The molecule has 0 aromatic carbocycles. The molecule has 2 aromatic rings. The zero-order chi connectivity index (χ0) is 55.0. The summed E-state index contributed by atoms with van der Waals surface area (Å²) < 4.78 is 56.2.